The summed E-state index contributed by atoms with van der Waals surface area (Å²) in [5, 5.41) is 1.14. The van der Waals surface area contributed by atoms with Crippen LogP contribution in [0.2, 0.25) is 6.04 Å². The van der Waals surface area contributed by atoms with Gasteiger partial charge >= 0.3 is 5.97 Å². The first-order chi connectivity index (χ1) is 7.27. The second-order valence-corrected chi connectivity index (χ2v) is 5.79. The molecule has 0 aromatic heterocycles. The lowest BCUT2D eigenvalue weighted by atomic mass is 10.4. The van der Waals surface area contributed by atoms with E-state index in [9.17, 15) is 4.79 Å². The number of hydrogen-bond donors (Lipinski definition) is 0. The monoisotopic (exact) mass is 218 g/mol. The summed E-state index contributed by atoms with van der Waals surface area (Å²) in [6.45, 7) is 5.38. The van der Waals surface area contributed by atoms with Gasteiger partial charge in [-0.2, -0.15) is 0 Å². The fraction of sp³-hybridized carbons (Fsp3) is 0.167. The summed E-state index contributed by atoms with van der Waals surface area (Å²) in [5.74, 6) is -0.340. The van der Waals surface area contributed by atoms with E-state index in [1.54, 1.807) is 0 Å². The molecule has 0 saturated heterocycles. The predicted molar refractivity (Wildman–Crippen MR) is 63.5 cm³/mol. The molecule has 0 amide bonds. The Labute approximate surface area is 91.6 Å². The van der Waals surface area contributed by atoms with Crippen molar-refractivity contribution >= 4 is 20.2 Å². The average molecular weight is 218 g/mol. The lowest BCUT2D eigenvalue weighted by Gasteiger charge is -2.13. The summed E-state index contributed by atoms with van der Waals surface area (Å²) in [4.78, 5) is 11.2. The Morgan fingerprint density at radius 2 is 2.20 bits per heavy atom. The van der Waals surface area contributed by atoms with Crippen molar-refractivity contribution in [3.8, 4) is 0 Å². The summed E-state index contributed by atoms with van der Waals surface area (Å²) in [6, 6.07) is 10.8. The average Bonchev–Trinajstić information content (AvgIpc) is 2.27. The van der Waals surface area contributed by atoms with Gasteiger partial charge < -0.3 is 4.43 Å². The van der Waals surface area contributed by atoms with E-state index in [1.165, 1.54) is 6.08 Å². The first-order valence-electron chi connectivity index (χ1n) is 4.89. The molecular formula is C12H14O2Si. The van der Waals surface area contributed by atoms with Crippen LogP contribution in [-0.2, 0) is 9.22 Å². The van der Waals surface area contributed by atoms with Crippen LogP contribution in [0.5, 0.6) is 0 Å². The summed E-state index contributed by atoms with van der Waals surface area (Å²) in [5.41, 5.74) is 2.42. The van der Waals surface area contributed by atoms with Crippen molar-refractivity contribution < 1.29 is 9.22 Å². The highest BCUT2D eigenvalue weighted by molar-refractivity contribution is 6.68. The molecule has 1 rings (SSSR count). The molecule has 0 spiro atoms. The Bertz CT molecular complexity index is 366. The number of hydrogen-bond acceptors (Lipinski definition) is 2. The van der Waals surface area contributed by atoms with Crippen molar-refractivity contribution in [2.75, 3.05) is 0 Å². The fourth-order valence-corrected chi connectivity index (χ4v) is 3.09. The highest BCUT2D eigenvalue weighted by Crippen LogP contribution is 1.97. The van der Waals surface area contributed by atoms with E-state index < -0.39 is 9.04 Å². The molecule has 0 radical (unpaired) electrons. The minimum atomic E-state index is -1.61. The van der Waals surface area contributed by atoms with Crippen molar-refractivity contribution in [3.63, 3.8) is 0 Å². The van der Waals surface area contributed by atoms with Gasteiger partial charge in [0, 0.05) is 0 Å². The Kier molecular flexibility index (Phi) is 4.61. The highest BCUT2D eigenvalue weighted by Gasteiger charge is 2.15. The van der Waals surface area contributed by atoms with E-state index in [-0.39, 0.29) is 5.97 Å². The van der Waals surface area contributed by atoms with Crippen molar-refractivity contribution in [3.05, 3.63) is 48.7 Å². The molecule has 15 heavy (non-hydrogen) atoms. The van der Waals surface area contributed by atoms with Gasteiger partial charge in [-0.25, -0.2) is 4.79 Å². The van der Waals surface area contributed by atoms with E-state index in [2.05, 4.69) is 12.3 Å². The molecule has 2 nitrogen and oxygen atoms in total. The smallest absolute Gasteiger partial charge is 0.325 e. The first kappa shape index (κ1) is 11.5. The van der Waals surface area contributed by atoms with Gasteiger partial charge in [0.25, 0.3) is 9.04 Å². The number of carbonyl (C=O) groups excluding carboxylic acids is 1. The standard InChI is InChI=1S/C12H14O2Si/c1-3-8-12(13)14-15(4-2)11-9-6-5-7-10-11/h5-10,15H,1,4H2,2H3. The van der Waals surface area contributed by atoms with E-state index in [1.807, 2.05) is 37.3 Å². The SMILES string of the molecule is C=C=CC(=O)O[SiH](CC)c1ccccc1. The van der Waals surface area contributed by atoms with Gasteiger partial charge in [0.05, 0.1) is 6.08 Å². The summed E-state index contributed by atoms with van der Waals surface area (Å²) in [6.07, 6.45) is 1.23. The molecular weight excluding hydrogens is 204 g/mol. The van der Waals surface area contributed by atoms with Crippen molar-refractivity contribution in [2.45, 2.75) is 13.0 Å². The molecule has 0 aliphatic carbocycles. The van der Waals surface area contributed by atoms with Crippen LogP contribution in [0.4, 0.5) is 0 Å². The third kappa shape index (κ3) is 3.58. The second kappa shape index (κ2) is 6.01. The molecule has 1 unspecified atom stereocenters. The highest BCUT2D eigenvalue weighted by atomic mass is 28.3. The molecule has 0 saturated carbocycles. The van der Waals surface area contributed by atoms with Crippen LogP contribution < -0.4 is 5.19 Å². The Hall–Kier alpha value is -1.57. The van der Waals surface area contributed by atoms with Crippen LogP contribution in [0.25, 0.3) is 0 Å². The van der Waals surface area contributed by atoms with E-state index in [0.717, 1.165) is 11.2 Å². The minimum Gasteiger partial charge on any atom is -0.514 e. The maximum Gasteiger partial charge on any atom is 0.325 e. The second-order valence-electron chi connectivity index (χ2n) is 3.09. The largest absolute Gasteiger partial charge is 0.514 e. The molecule has 0 aliphatic heterocycles. The van der Waals surface area contributed by atoms with Crippen LogP contribution in [0.1, 0.15) is 6.92 Å². The Balaban J connectivity index is 2.73. The quantitative estimate of drug-likeness (QED) is 0.435. The fourth-order valence-electron chi connectivity index (χ4n) is 1.31. The van der Waals surface area contributed by atoms with Gasteiger partial charge in [0.2, 0.25) is 0 Å². The number of carbonyl (C=O) groups is 1. The van der Waals surface area contributed by atoms with Gasteiger partial charge in [-0.05, 0) is 11.2 Å². The van der Waals surface area contributed by atoms with Crippen molar-refractivity contribution in [1.29, 1.82) is 0 Å². The van der Waals surface area contributed by atoms with Crippen LogP contribution in [0.15, 0.2) is 48.7 Å². The third-order valence-electron chi connectivity index (χ3n) is 2.02. The normalized spacial score (nSPS) is 11.3. The van der Waals surface area contributed by atoms with E-state index in [0.29, 0.717) is 0 Å². The summed E-state index contributed by atoms with van der Waals surface area (Å²) in [7, 11) is -1.61. The van der Waals surface area contributed by atoms with Gasteiger partial charge in [-0.1, -0.05) is 43.8 Å². The Morgan fingerprint density at radius 3 is 2.73 bits per heavy atom. The Morgan fingerprint density at radius 1 is 1.53 bits per heavy atom. The zero-order valence-corrected chi connectivity index (χ0v) is 9.93. The van der Waals surface area contributed by atoms with Crippen LogP contribution in [0, 0.1) is 0 Å². The molecule has 3 heteroatoms. The zero-order chi connectivity index (χ0) is 11.1. The first-order valence-corrected chi connectivity index (χ1v) is 6.75. The maximum atomic E-state index is 11.2. The minimum absolute atomic E-state index is 0.340. The van der Waals surface area contributed by atoms with Crippen molar-refractivity contribution in [1.82, 2.24) is 0 Å². The molecule has 78 valence electrons. The molecule has 0 fully saturated rings. The summed E-state index contributed by atoms with van der Waals surface area (Å²) < 4.78 is 5.37. The molecule has 0 N–H and O–H groups in total. The van der Waals surface area contributed by atoms with Crippen LogP contribution >= 0.6 is 0 Å². The lowest BCUT2D eigenvalue weighted by molar-refractivity contribution is -0.129. The summed E-state index contributed by atoms with van der Waals surface area (Å²) >= 11 is 0. The zero-order valence-electron chi connectivity index (χ0n) is 8.77. The van der Waals surface area contributed by atoms with E-state index in [4.69, 9.17) is 4.43 Å². The maximum absolute atomic E-state index is 11.2. The van der Waals surface area contributed by atoms with E-state index >= 15 is 0 Å². The van der Waals surface area contributed by atoms with Gasteiger partial charge in [-0.3, -0.25) is 0 Å². The van der Waals surface area contributed by atoms with Gasteiger partial charge in [0.1, 0.15) is 0 Å². The molecule has 0 bridgehead atoms. The van der Waals surface area contributed by atoms with Gasteiger partial charge in [-0.15, -0.1) is 5.73 Å². The third-order valence-corrected chi connectivity index (χ3v) is 4.41. The molecule has 0 aliphatic rings. The predicted octanol–water partition coefficient (Wildman–Crippen LogP) is 1.52. The molecule has 0 heterocycles. The van der Waals surface area contributed by atoms with Crippen LogP contribution in [-0.4, -0.2) is 15.0 Å². The van der Waals surface area contributed by atoms with Gasteiger partial charge in [0.15, 0.2) is 0 Å². The molecule has 1 aromatic carbocycles. The topological polar surface area (TPSA) is 26.3 Å². The molecule has 1 atom stereocenters. The molecule has 1 aromatic rings. The van der Waals surface area contributed by atoms with Crippen molar-refractivity contribution in [2.24, 2.45) is 0 Å². The lowest BCUT2D eigenvalue weighted by Crippen LogP contribution is -2.34. The number of rotatable bonds is 4. The van der Waals surface area contributed by atoms with Crippen LogP contribution in [0.3, 0.4) is 0 Å². The number of benzene rings is 1.